The van der Waals surface area contributed by atoms with Crippen LogP contribution in [0.25, 0.3) is 0 Å². The lowest BCUT2D eigenvalue weighted by Crippen LogP contribution is -2.15. The van der Waals surface area contributed by atoms with E-state index in [2.05, 4.69) is 11.9 Å². The molecule has 0 aromatic heterocycles. The molecule has 28 heavy (non-hydrogen) atoms. The Morgan fingerprint density at radius 2 is 1.64 bits per heavy atom. The molecule has 1 aromatic rings. The summed E-state index contributed by atoms with van der Waals surface area (Å²) in [6, 6.07) is 3.52. The second-order valence-electron chi connectivity index (χ2n) is 4.91. The lowest BCUT2D eigenvalue weighted by atomic mass is 10.1. The fraction of sp³-hybridized carbons (Fsp3) is 0.286. The Balaban J connectivity index is 0.00000352. The van der Waals surface area contributed by atoms with Crippen LogP contribution in [0.4, 0.5) is 5.69 Å². The van der Waals surface area contributed by atoms with E-state index >= 15 is 0 Å². The van der Waals surface area contributed by atoms with Crippen molar-refractivity contribution in [2.75, 3.05) is 26.6 Å². The average Bonchev–Trinajstić information content (AvgIpc) is 2.74. The Hall–Kier alpha value is -3.19. The van der Waals surface area contributed by atoms with Crippen molar-refractivity contribution in [3.8, 4) is 17.2 Å². The fourth-order valence-electron chi connectivity index (χ4n) is 2.18. The maximum atomic E-state index is 11.2. The number of carbonyl (C=O) groups excluding carboxylic acids is 1. The predicted octanol–water partition coefficient (Wildman–Crippen LogP) is 4.23. The van der Waals surface area contributed by atoms with E-state index in [1.807, 2.05) is 26.8 Å². The molecule has 0 saturated heterocycles. The van der Waals surface area contributed by atoms with Crippen molar-refractivity contribution in [2.24, 2.45) is 0 Å². The van der Waals surface area contributed by atoms with Crippen LogP contribution in [0.15, 0.2) is 60.4 Å². The number of ether oxygens (including phenoxy) is 3. The van der Waals surface area contributed by atoms with Crippen LogP contribution < -0.4 is 25.0 Å². The van der Waals surface area contributed by atoms with Gasteiger partial charge in [0.1, 0.15) is 0 Å². The minimum absolute atomic E-state index is 0.487. The summed E-state index contributed by atoms with van der Waals surface area (Å²) in [6.07, 6.45) is 7.94. The second-order valence-corrected chi connectivity index (χ2v) is 4.91. The molecule has 0 fully saturated rings. The van der Waals surface area contributed by atoms with Crippen LogP contribution in [0.1, 0.15) is 20.8 Å². The highest BCUT2D eigenvalue weighted by Gasteiger charge is 2.14. The van der Waals surface area contributed by atoms with Gasteiger partial charge in [0, 0.05) is 29.6 Å². The lowest BCUT2D eigenvalue weighted by Gasteiger charge is -2.17. The zero-order chi connectivity index (χ0) is 21.5. The van der Waals surface area contributed by atoms with E-state index in [0.717, 1.165) is 0 Å². The van der Waals surface area contributed by atoms with Crippen molar-refractivity contribution in [1.82, 2.24) is 5.48 Å². The van der Waals surface area contributed by atoms with Crippen LogP contribution in [-0.4, -0.2) is 32.4 Å². The van der Waals surface area contributed by atoms with Gasteiger partial charge in [0.25, 0.3) is 5.91 Å². The van der Waals surface area contributed by atoms with Crippen LogP contribution in [-0.2, 0) is 4.79 Å². The van der Waals surface area contributed by atoms with Crippen LogP contribution in [0.5, 0.6) is 17.2 Å². The summed E-state index contributed by atoms with van der Waals surface area (Å²) in [4.78, 5) is 11.2. The van der Waals surface area contributed by atoms with Crippen LogP contribution in [0, 0.1) is 0 Å². The van der Waals surface area contributed by atoms with Crippen molar-refractivity contribution in [3.05, 3.63) is 60.4 Å². The van der Waals surface area contributed by atoms with Crippen LogP contribution in [0.2, 0.25) is 0 Å². The number of hydroxylamine groups is 1. The Morgan fingerprint density at radius 3 is 2.04 bits per heavy atom. The molecule has 0 aliphatic carbocycles. The van der Waals surface area contributed by atoms with Gasteiger partial charge in [-0.05, 0) is 24.6 Å². The van der Waals surface area contributed by atoms with E-state index in [9.17, 15) is 4.79 Å². The molecule has 1 rings (SSSR count). The molecule has 1 aromatic carbocycles. The van der Waals surface area contributed by atoms with E-state index in [1.165, 1.54) is 27.4 Å². The Morgan fingerprint density at radius 1 is 1.07 bits per heavy atom. The fourth-order valence-corrected chi connectivity index (χ4v) is 2.18. The zero-order valence-electron chi connectivity index (χ0n) is 17.3. The molecule has 0 aliphatic heterocycles. The highest BCUT2D eigenvalue weighted by Crippen LogP contribution is 2.40. The topological polar surface area (TPSA) is 89.0 Å². The number of hydrogen-bond donors (Lipinski definition) is 3. The van der Waals surface area contributed by atoms with E-state index in [4.69, 9.17) is 19.4 Å². The molecule has 0 saturated carbocycles. The van der Waals surface area contributed by atoms with E-state index in [1.54, 1.807) is 35.8 Å². The molecule has 7 heteroatoms. The number of hydrogen-bond acceptors (Lipinski definition) is 6. The van der Waals surface area contributed by atoms with Crippen molar-refractivity contribution >= 4 is 11.6 Å². The molecule has 154 valence electrons. The van der Waals surface area contributed by atoms with Gasteiger partial charge >= 0.3 is 0 Å². The number of carbonyl (C=O) groups is 1. The van der Waals surface area contributed by atoms with Gasteiger partial charge in [0.2, 0.25) is 5.75 Å². The quantitative estimate of drug-likeness (QED) is 0.253. The molecule has 0 aliphatic rings. The highest BCUT2D eigenvalue weighted by molar-refractivity contribution is 5.87. The van der Waals surface area contributed by atoms with Crippen molar-refractivity contribution in [2.45, 2.75) is 20.8 Å². The standard InChI is InChI=1S/C19H24N2O5.C2H6/c1-6-8-15(13(7-2)9-10-18(22)21-23)20-14-11-16(24-3)19(26-5)17(12-14)25-4;1-2/h6-12,20,23H,1H2,2-5H3,(H,21,22);1-2H3/b10-9+,13-7-,15-8+;. The van der Waals surface area contributed by atoms with Crippen molar-refractivity contribution in [1.29, 1.82) is 0 Å². The minimum Gasteiger partial charge on any atom is -0.493 e. The molecule has 7 nitrogen and oxygen atoms in total. The summed E-state index contributed by atoms with van der Waals surface area (Å²) in [5, 5.41) is 11.8. The molecular weight excluding hydrogens is 360 g/mol. The minimum atomic E-state index is -0.630. The third kappa shape index (κ3) is 7.20. The van der Waals surface area contributed by atoms with Gasteiger partial charge in [-0.15, -0.1) is 0 Å². The Bertz CT molecular complexity index is 711. The SMILES string of the molecule is C=C\C=C(Nc1cc(OC)c(OC)c(OC)c1)/C(=C\C)/C=C/C(=O)NO.CC. The predicted molar refractivity (Wildman–Crippen MR) is 112 cm³/mol. The number of anilines is 1. The highest BCUT2D eigenvalue weighted by atomic mass is 16.5. The first kappa shape index (κ1) is 24.8. The summed E-state index contributed by atoms with van der Waals surface area (Å²) in [6.45, 7) is 9.53. The molecular formula is C21H30N2O5. The lowest BCUT2D eigenvalue weighted by molar-refractivity contribution is -0.124. The largest absolute Gasteiger partial charge is 0.493 e. The van der Waals surface area contributed by atoms with E-state index < -0.39 is 5.91 Å². The molecule has 0 radical (unpaired) electrons. The monoisotopic (exact) mass is 390 g/mol. The molecule has 0 bridgehead atoms. The van der Waals surface area contributed by atoms with Gasteiger partial charge in [-0.2, -0.15) is 0 Å². The van der Waals surface area contributed by atoms with E-state index in [-0.39, 0.29) is 0 Å². The Kier molecular flexibility index (Phi) is 12.4. The summed E-state index contributed by atoms with van der Waals surface area (Å²) < 4.78 is 16.0. The molecule has 0 unspecified atom stereocenters. The number of rotatable bonds is 9. The van der Waals surface area contributed by atoms with Gasteiger partial charge in [-0.3, -0.25) is 10.0 Å². The first-order valence-electron chi connectivity index (χ1n) is 8.73. The Labute approximate surface area is 167 Å². The van der Waals surface area contributed by atoms with Gasteiger partial charge in [0.15, 0.2) is 11.5 Å². The van der Waals surface area contributed by atoms with Crippen LogP contribution >= 0.6 is 0 Å². The third-order valence-corrected chi connectivity index (χ3v) is 3.37. The molecule has 0 spiro atoms. The maximum Gasteiger partial charge on any atom is 0.267 e. The van der Waals surface area contributed by atoms with Gasteiger partial charge in [-0.25, -0.2) is 5.48 Å². The summed E-state index contributed by atoms with van der Waals surface area (Å²) >= 11 is 0. The number of allylic oxidation sites excluding steroid dienone is 4. The summed E-state index contributed by atoms with van der Waals surface area (Å²) in [5.41, 5.74) is 3.62. The molecule has 0 heterocycles. The smallest absolute Gasteiger partial charge is 0.267 e. The molecule has 3 N–H and O–H groups in total. The number of benzene rings is 1. The maximum absolute atomic E-state index is 11.2. The van der Waals surface area contributed by atoms with Gasteiger partial charge in [-0.1, -0.05) is 32.6 Å². The van der Waals surface area contributed by atoms with Crippen LogP contribution in [0.3, 0.4) is 0 Å². The third-order valence-electron chi connectivity index (χ3n) is 3.37. The second kappa shape index (κ2) is 13.9. The first-order valence-corrected chi connectivity index (χ1v) is 8.73. The average molecular weight is 390 g/mol. The summed E-state index contributed by atoms with van der Waals surface area (Å²) in [7, 11) is 4.61. The number of methoxy groups -OCH3 is 3. The van der Waals surface area contributed by atoms with E-state index in [0.29, 0.717) is 34.2 Å². The summed E-state index contributed by atoms with van der Waals surface area (Å²) in [5.74, 6) is 0.865. The number of nitrogens with one attached hydrogen (secondary N) is 2. The first-order chi connectivity index (χ1) is 13.5. The normalized spacial score (nSPS) is 11.2. The van der Waals surface area contributed by atoms with Gasteiger partial charge in [0.05, 0.1) is 21.3 Å². The van der Waals surface area contributed by atoms with Crippen molar-refractivity contribution < 1.29 is 24.2 Å². The van der Waals surface area contributed by atoms with Crippen molar-refractivity contribution in [3.63, 3.8) is 0 Å². The number of amides is 1. The molecule has 1 amide bonds. The molecule has 0 atom stereocenters. The zero-order valence-corrected chi connectivity index (χ0v) is 17.3. The van der Waals surface area contributed by atoms with Gasteiger partial charge < -0.3 is 19.5 Å².